The molecule has 0 aromatic carbocycles. The summed E-state index contributed by atoms with van der Waals surface area (Å²) in [5.74, 6) is -2.14. The van der Waals surface area contributed by atoms with Crippen molar-refractivity contribution in [3.8, 4) is 0 Å². The normalized spacial score (nSPS) is 15.8. The molecule has 1 aliphatic rings. The Balaban J connectivity index is 2.59. The molecule has 7 heteroatoms. The van der Waals surface area contributed by atoms with Crippen molar-refractivity contribution in [3.05, 3.63) is 0 Å². The third kappa shape index (κ3) is 5.46. The van der Waals surface area contributed by atoms with E-state index < -0.39 is 30.4 Å². The molecule has 0 spiro atoms. The van der Waals surface area contributed by atoms with Gasteiger partial charge >= 0.3 is 18.0 Å². The molecule has 0 aromatic heterocycles. The van der Waals surface area contributed by atoms with Crippen LogP contribution in [0.4, 0.5) is 4.79 Å². The molecule has 0 aromatic rings. The molecule has 0 saturated heterocycles. The Morgan fingerprint density at radius 2 is 1.85 bits per heavy atom. The highest BCUT2D eigenvalue weighted by molar-refractivity contribution is 5.86. The van der Waals surface area contributed by atoms with Crippen molar-refractivity contribution in [2.45, 2.75) is 51.6 Å². The molecule has 2 amide bonds. The van der Waals surface area contributed by atoms with Gasteiger partial charge in [0.2, 0.25) is 0 Å². The molecule has 0 aliphatic heterocycles. The first-order valence-electron chi connectivity index (χ1n) is 6.83. The number of carbonyl (C=O) groups is 3. The molecule has 0 radical (unpaired) electrons. The van der Waals surface area contributed by atoms with Crippen LogP contribution in [-0.4, -0.2) is 51.7 Å². The summed E-state index contributed by atoms with van der Waals surface area (Å²) in [6.45, 7) is 4.66. The van der Waals surface area contributed by atoms with Crippen molar-refractivity contribution in [3.63, 3.8) is 0 Å². The van der Waals surface area contributed by atoms with E-state index in [0.29, 0.717) is 12.5 Å². The molecule has 1 saturated carbocycles. The van der Waals surface area contributed by atoms with Gasteiger partial charge in [0.15, 0.2) is 0 Å². The van der Waals surface area contributed by atoms with Gasteiger partial charge in [-0.15, -0.1) is 0 Å². The summed E-state index contributed by atoms with van der Waals surface area (Å²) in [6, 6.07) is -1.71. The van der Waals surface area contributed by atoms with E-state index in [1.165, 1.54) is 0 Å². The fourth-order valence-corrected chi connectivity index (χ4v) is 1.84. The Hall–Kier alpha value is -1.79. The van der Waals surface area contributed by atoms with Crippen molar-refractivity contribution in [1.29, 1.82) is 0 Å². The van der Waals surface area contributed by atoms with Gasteiger partial charge < -0.3 is 20.4 Å². The fraction of sp³-hybridized carbons (Fsp3) is 0.769. The maximum Gasteiger partial charge on any atom is 0.326 e. The Kier molecular flexibility index (Phi) is 5.79. The minimum Gasteiger partial charge on any atom is -0.481 e. The average Bonchev–Trinajstić information content (AvgIpc) is 3.11. The molecule has 0 unspecified atom stereocenters. The molecule has 1 fully saturated rings. The highest BCUT2D eigenvalue weighted by Gasteiger charge is 2.34. The highest BCUT2D eigenvalue weighted by Crippen LogP contribution is 2.27. The van der Waals surface area contributed by atoms with Crippen LogP contribution in [0.2, 0.25) is 0 Å². The van der Waals surface area contributed by atoms with Gasteiger partial charge in [-0.1, -0.05) is 13.8 Å². The van der Waals surface area contributed by atoms with Gasteiger partial charge in [-0.05, 0) is 25.2 Å². The number of hydrogen-bond donors (Lipinski definition) is 3. The third-order valence-corrected chi connectivity index (χ3v) is 3.17. The maximum absolute atomic E-state index is 12.1. The van der Waals surface area contributed by atoms with Crippen LogP contribution in [0.1, 0.15) is 39.5 Å². The summed E-state index contributed by atoms with van der Waals surface area (Å²) in [6.07, 6.45) is 2.05. The Bertz CT molecular complexity index is 379. The average molecular weight is 286 g/mol. The lowest BCUT2D eigenvalue weighted by Crippen LogP contribution is -2.49. The van der Waals surface area contributed by atoms with E-state index >= 15 is 0 Å². The largest absolute Gasteiger partial charge is 0.481 e. The monoisotopic (exact) mass is 286 g/mol. The first-order valence-corrected chi connectivity index (χ1v) is 6.83. The minimum atomic E-state index is -1.39. The fourth-order valence-electron chi connectivity index (χ4n) is 1.84. The van der Waals surface area contributed by atoms with E-state index in [9.17, 15) is 14.4 Å². The molecule has 1 atom stereocenters. The van der Waals surface area contributed by atoms with Crippen LogP contribution < -0.4 is 5.32 Å². The molecule has 0 heterocycles. The molecule has 7 nitrogen and oxygen atoms in total. The van der Waals surface area contributed by atoms with Crippen LogP contribution in [0.15, 0.2) is 0 Å². The van der Waals surface area contributed by atoms with Crippen LogP contribution in [0, 0.1) is 5.92 Å². The Morgan fingerprint density at radius 3 is 2.25 bits per heavy atom. The number of nitrogens with zero attached hydrogens (tertiary/aromatic N) is 1. The maximum atomic E-state index is 12.1. The number of carboxylic acids is 2. The minimum absolute atomic E-state index is 0.160. The predicted molar refractivity (Wildman–Crippen MR) is 71.4 cm³/mol. The van der Waals surface area contributed by atoms with E-state index in [2.05, 4.69) is 5.32 Å². The zero-order valence-corrected chi connectivity index (χ0v) is 11.8. The second-order valence-electron chi connectivity index (χ2n) is 5.55. The number of nitrogens with one attached hydrogen (secondary N) is 1. The van der Waals surface area contributed by atoms with E-state index in [-0.39, 0.29) is 6.04 Å². The molecule has 1 rings (SSSR count). The molecular weight excluding hydrogens is 264 g/mol. The van der Waals surface area contributed by atoms with Gasteiger partial charge in [0.1, 0.15) is 6.04 Å². The van der Waals surface area contributed by atoms with E-state index in [1.54, 1.807) is 4.90 Å². The summed E-state index contributed by atoms with van der Waals surface area (Å²) in [5.41, 5.74) is 0. The predicted octanol–water partition coefficient (Wildman–Crippen LogP) is 1.13. The lowest BCUT2D eigenvalue weighted by Gasteiger charge is -2.25. The zero-order valence-electron chi connectivity index (χ0n) is 11.8. The molecule has 114 valence electrons. The Morgan fingerprint density at radius 1 is 1.25 bits per heavy atom. The van der Waals surface area contributed by atoms with Crippen molar-refractivity contribution in [2.75, 3.05) is 6.54 Å². The van der Waals surface area contributed by atoms with Gasteiger partial charge in [-0.2, -0.15) is 0 Å². The van der Waals surface area contributed by atoms with Crippen molar-refractivity contribution < 1.29 is 24.6 Å². The van der Waals surface area contributed by atoms with E-state index in [0.717, 1.165) is 19.3 Å². The van der Waals surface area contributed by atoms with Crippen LogP contribution >= 0.6 is 0 Å². The van der Waals surface area contributed by atoms with Crippen molar-refractivity contribution in [2.24, 2.45) is 5.92 Å². The van der Waals surface area contributed by atoms with Crippen molar-refractivity contribution >= 4 is 18.0 Å². The smallest absolute Gasteiger partial charge is 0.326 e. The SMILES string of the molecule is CC(C)CCN(C(=O)N[C@@H](CC(=O)O)C(=O)O)C1CC1. The lowest BCUT2D eigenvalue weighted by molar-refractivity contribution is -0.145. The van der Waals surface area contributed by atoms with Crippen LogP contribution in [0.5, 0.6) is 0 Å². The lowest BCUT2D eigenvalue weighted by atomic mass is 10.1. The van der Waals surface area contributed by atoms with Gasteiger partial charge in [0, 0.05) is 12.6 Å². The standard InChI is InChI=1S/C13H22N2O5/c1-8(2)5-6-15(9-3-4-9)13(20)14-10(12(18)19)7-11(16)17/h8-10H,3-7H2,1-2H3,(H,14,20)(H,16,17)(H,18,19)/t10-/m0/s1. The zero-order chi connectivity index (χ0) is 15.3. The molecule has 3 N–H and O–H groups in total. The molecule has 1 aliphatic carbocycles. The third-order valence-electron chi connectivity index (χ3n) is 3.17. The van der Waals surface area contributed by atoms with Gasteiger partial charge in [-0.25, -0.2) is 9.59 Å². The quantitative estimate of drug-likeness (QED) is 0.620. The number of carbonyl (C=O) groups excluding carboxylic acids is 1. The summed E-state index contributed by atoms with van der Waals surface area (Å²) < 4.78 is 0. The number of rotatable bonds is 8. The number of amides is 2. The first kappa shape index (κ1) is 16.3. The van der Waals surface area contributed by atoms with Crippen LogP contribution in [0.25, 0.3) is 0 Å². The topological polar surface area (TPSA) is 107 Å². The van der Waals surface area contributed by atoms with Gasteiger partial charge in [0.05, 0.1) is 6.42 Å². The van der Waals surface area contributed by atoms with Gasteiger partial charge in [-0.3, -0.25) is 4.79 Å². The molecular formula is C13H22N2O5. The summed E-state index contributed by atoms with van der Waals surface area (Å²) >= 11 is 0. The molecule has 20 heavy (non-hydrogen) atoms. The Labute approximate surface area is 117 Å². The van der Waals surface area contributed by atoms with Crippen LogP contribution in [-0.2, 0) is 9.59 Å². The van der Waals surface area contributed by atoms with E-state index in [1.807, 2.05) is 13.8 Å². The highest BCUT2D eigenvalue weighted by atomic mass is 16.4. The number of urea groups is 1. The van der Waals surface area contributed by atoms with E-state index in [4.69, 9.17) is 10.2 Å². The number of aliphatic carboxylic acids is 2. The van der Waals surface area contributed by atoms with Gasteiger partial charge in [0.25, 0.3) is 0 Å². The second-order valence-corrected chi connectivity index (χ2v) is 5.55. The van der Waals surface area contributed by atoms with Crippen LogP contribution in [0.3, 0.4) is 0 Å². The number of hydrogen-bond acceptors (Lipinski definition) is 3. The molecule has 0 bridgehead atoms. The summed E-state index contributed by atoms with van der Waals surface area (Å²) in [7, 11) is 0. The summed E-state index contributed by atoms with van der Waals surface area (Å²) in [4.78, 5) is 35.3. The second kappa shape index (κ2) is 7.12. The summed E-state index contributed by atoms with van der Waals surface area (Å²) in [5, 5.41) is 19.9. The number of carboxylic acid groups (broad SMARTS) is 2. The first-order chi connectivity index (χ1) is 9.31. The van der Waals surface area contributed by atoms with Crippen molar-refractivity contribution in [1.82, 2.24) is 10.2 Å².